The predicted molar refractivity (Wildman–Crippen MR) is 79.3 cm³/mol. The summed E-state index contributed by atoms with van der Waals surface area (Å²) in [7, 11) is 1.70. The third-order valence-corrected chi connectivity index (χ3v) is 3.92. The summed E-state index contributed by atoms with van der Waals surface area (Å²) in [6, 6.07) is 5.02. The summed E-state index contributed by atoms with van der Waals surface area (Å²) in [5.74, 6) is -0.0205. The average Bonchev–Trinajstić information content (AvgIpc) is 2.80. The van der Waals surface area contributed by atoms with E-state index in [2.05, 4.69) is 11.5 Å². The van der Waals surface area contributed by atoms with Crippen LogP contribution in [0.2, 0.25) is 0 Å². The molecule has 2 rings (SSSR count). The number of rotatable bonds is 6. The summed E-state index contributed by atoms with van der Waals surface area (Å²) in [6.07, 6.45) is 2.59. The van der Waals surface area contributed by atoms with E-state index in [1.807, 2.05) is 12.1 Å². The summed E-state index contributed by atoms with van der Waals surface area (Å²) in [5.41, 5.74) is 8.40. The SMILES string of the molecule is C=CCc1ccc(F)cc1[C@@H]1CN(CCOC)C[C@H]1N. The molecule has 1 aliphatic heterocycles. The number of benzene rings is 1. The maximum Gasteiger partial charge on any atom is 0.123 e. The number of nitrogens with two attached hydrogens (primary N) is 1. The van der Waals surface area contributed by atoms with Crippen LogP contribution in [0.5, 0.6) is 0 Å². The molecule has 0 saturated carbocycles. The van der Waals surface area contributed by atoms with Crippen LogP contribution < -0.4 is 5.73 Å². The van der Waals surface area contributed by atoms with Gasteiger partial charge in [0.15, 0.2) is 0 Å². The number of methoxy groups -OCH3 is 1. The second-order valence-electron chi connectivity index (χ2n) is 5.36. The van der Waals surface area contributed by atoms with Gasteiger partial charge in [0, 0.05) is 38.7 Å². The fourth-order valence-electron chi connectivity index (χ4n) is 2.90. The molecule has 0 aliphatic carbocycles. The van der Waals surface area contributed by atoms with Gasteiger partial charge in [-0.15, -0.1) is 6.58 Å². The van der Waals surface area contributed by atoms with Crippen LogP contribution in [0, 0.1) is 5.82 Å². The second-order valence-corrected chi connectivity index (χ2v) is 5.36. The Labute approximate surface area is 120 Å². The molecule has 1 fully saturated rings. The van der Waals surface area contributed by atoms with Gasteiger partial charge in [0.2, 0.25) is 0 Å². The monoisotopic (exact) mass is 278 g/mol. The van der Waals surface area contributed by atoms with Crippen molar-refractivity contribution in [3.05, 3.63) is 47.8 Å². The summed E-state index contributed by atoms with van der Waals surface area (Å²) in [5, 5.41) is 0. The Morgan fingerprint density at radius 3 is 3.00 bits per heavy atom. The number of hydrogen-bond donors (Lipinski definition) is 1. The largest absolute Gasteiger partial charge is 0.383 e. The van der Waals surface area contributed by atoms with E-state index in [4.69, 9.17) is 10.5 Å². The molecule has 1 heterocycles. The first kappa shape index (κ1) is 15.2. The summed E-state index contributed by atoms with van der Waals surface area (Å²) in [4.78, 5) is 2.28. The third-order valence-electron chi connectivity index (χ3n) is 3.92. The van der Waals surface area contributed by atoms with Crippen LogP contribution in [0.3, 0.4) is 0 Å². The summed E-state index contributed by atoms with van der Waals surface area (Å²) >= 11 is 0. The van der Waals surface area contributed by atoms with E-state index < -0.39 is 0 Å². The molecule has 2 atom stereocenters. The van der Waals surface area contributed by atoms with Crippen molar-refractivity contribution in [2.45, 2.75) is 18.4 Å². The molecule has 0 radical (unpaired) electrons. The molecule has 110 valence electrons. The van der Waals surface area contributed by atoms with Crippen molar-refractivity contribution in [3.63, 3.8) is 0 Å². The first-order chi connectivity index (χ1) is 9.65. The summed E-state index contributed by atoms with van der Waals surface area (Å²) < 4.78 is 18.7. The maximum absolute atomic E-state index is 13.6. The Kier molecular flexibility index (Phi) is 5.29. The average molecular weight is 278 g/mol. The Bertz CT molecular complexity index is 464. The lowest BCUT2D eigenvalue weighted by Gasteiger charge is -2.19. The van der Waals surface area contributed by atoms with E-state index in [9.17, 15) is 4.39 Å². The fourth-order valence-corrected chi connectivity index (χ4v) is 2.90. The minimum Gasteiger partial charge on any atom is -0.383 e. The highest BCUT2D eigenvalue weighted by molar-refractivity contribution is 5.35. The van der Waals surface area contributed by atoms with Crippen LogP contribution in [-0.4, -0.2) is 44.3 Å². The predicted octanol–water partition coefficient (Wildman–Crippen LogP) is 1.93. The molecule has 2 N–H and O–H groups in total. The molecule has 0 amide bonds. The molecular weight excluding hydrogens is 255 g/mol. The van der Waals surface area contributed by atoms with Crippen molar-refractivity contribution < 1.29 is 9.13 Å². The highest BCUT2D eigenvalue weighted by atomic mass is 19.1. The van der Waals surface area contributed by atoms with Gasteiger partial charge in [-0.3, -0.25) is 4.90 Å². The maximum atomic E-state index is 13.6. The van der Waals surface area contributed by atoms with E-state index in [1.165, 1.54) is 6.07 Å². The van der Waals surface area contributed by atoms with Crippen LogP contribution in [0.1, 0.15) is 17.0 Å². The molecule has 1 aliphatic rings. The zero-order valence-electron chi connectivity index (χ0n) is 12.0. The molecule has 1 saturated heterocycles. The van der Waals surface area contributed by atoms with Gasteiger partial charge >= 0.3 is 0 Å². The highest BCUT2D eigenvalue weighted by Gasteiger charge is 2.32. The Morgan fingerprint density at radius 2 is 2.30 bits per heavy atom. The van der Waals surface area contributed by atoms with Crippen molar-refractivity contribution in [1.82, 2.24) is 4.90 Å². The van der Waals surface area contributed by atoms with Gasteiger partial charge in [0.05, 0.1) is 6.61 Å². The lowest BCUT2D eigenvalue weighted by molar-refractivity contribution is 0.160. The topological polar surface area (TPSA) is 38.5 Å². The van der Waals surface area contributed by atoms with Gasteiger partial charge in [-0.2, -0.15) is 0 Å². The van der Waals surface area contributed by atoms with E-state index in [0.717, 1.165) is 37.2 Å². The quantitative estimate of drug-likeness (QED) is 0.808. The lowest BCUT2D eigenvalue weighted by Crippen LogP contribution is -2.30. The van der Waals surface area contributed by atoms with Crippen LogP contribution in [-0.2, 0) is 11.2 Å². The first-order valence-corrected chi connectivity index (χ1v) is 7.01. The van der Waals surface area contributed by atoms with Crippen LogP contribution in [0.25, 0.3) is 0 Å². The number of halogens is 1. The van der Waals surface area contributed by atoms with E-state index in [0.29, 0.717) is 6.61 Å². The molecule has 1 aromatic rings. The molecule has 20 heavy (non-hydrogen) atoms. The highest BCUT2D eigenvalue weighted by Crippen LogP contribution is 2.30. The van der Waals surface area contributed by atoms with Crippen LogP contribution >= 0.6 is 0 Å². The fraction of sp³-hybridized carbons (Fsp3) is 0.500. The minimum atomic E-state index is -0.199. The van der Waals surface area contributed by atoms with Gasteiger partial charge in [0.25, 0.3) is 0 Å². The Morgan fingerprint density at radius 1 is 1.50 bits per heavy atom. The van der Waals surface area contributed by atoms with Crippen molar-refractivity contribution in [1.29, 1.82) is 0 Å². The number of likely N-dealkylation sites (tertiary alicyclic amines) is 1. The lowest BCUT2D eigenvalue weighted by atomic mass is 9.89. The van der Waals surface area contributed by atoms with Crippen LogP contribution in [0.15, 0.2) is 30.9 Å². The molecule has 4 heteroatoms. The van der Waals surface area contributed by atoms with Gasteiger partial charge in [0.1, 0.15) is 5.82 Å². The molecule has 0 spiro atoms. The zero-order valence-corrected chi connectivity index (χ0v) is 12.0. The number of hydrogen-bond acceptors (Lipinski definition) is 3. The number of ether oxygens (including phenoxy) is 1. The molecule has 3 nitrogen and oxygen atoms in total. The van der Waals surface area contributed by atoms with Gasteiger partial charge in [-0.25, -0.2) is 4.39 Å². The summed E-state index contributed by atoms with van der Waals surface area (Å²) in [6.45, 7) is 7.02. The Balaban J connectivity index is 2.18. The molecular formula is C16H23FN2O. The van der Waals surface area contributed by atoms with Gasteiger partial charge in [-0.05, 0) is 29.7 Å². The van der Waals surface area contributed by atoms with E-state index >= 15 is 0 Å². The molecule has 0 unspecified atom stereocenters. The molecule has 1 aromatic carbocycles. The third kappa shape index (κ3) is 3.45. The number of allylic oxidation sites excluding steroid dienone is 1. The minimum absolute atomic E-state index is 0.0391. The van der Waals surface area contributed by atoms with E-state index in [-0.39, 0.29) is 17.8 Å². The molecule has 0 aromatic heterocycles. The Hall–Kier alpha value is -1.23. The van der Waals surface area contributed by atoms with E-state index in [1.54, 1.807) is 13.2 Å². The number of nitrogens with zero attached hydrogens (tertiary/aromatic N) is 1. The smallest absolute Gasteiger partial charge is 0.123 e. The van der Waals surface area contributed by atoms with Crippen molar-refractivity contribution in [3.8, 4) is 0 Å². The van der Waals surface area contributed by atoms with Crippen LogP contribution in [0.4, 0.5) is 4.39 Å². The van der Waals surface area contributed by atoms with Gasteiger partial charge in [-0.1, -0.05) is 12.1 Å². The first-order valence-electron chi connectivity index (χ1n) is 7.01. The second kappa shape index (κ2) is 6.97. The standard InChI is InChI=1S/C16H23FN2O/c1-3-4-12-5-6-13(17)9-14(12)15-10-19(7-8-20-2)11-16(15)18/h3,5-6,9,15-16H,1,4,7-8,10-11,18H2,2H3/t15-,16+/m0/s1. The van der Waals surface area contributed by atoms with Gasteiger partial charge < -0.3 is 10.5 Å². The zero-order chi connectivity index (χ0) is 14.5. The molecule has 0 bridgehead atoms. The van der Waals surface area contributed by atoms with Crippen molar-refractivity contribution >= 4 is 0 Å². The van der Waals surface area contributed by atoms with Crippen molar-refractivity contribution in [2.75, 3.05) is 33.4 Å². The normalized spacial score (nSPS) is 23.1. The van der Waals surface area contributed by atoms with Crippen molar-refractivity contribution in [2.24, 2.45) is 5.73 Å².